The number of fused-ring (bicyclic) bond motifs is 6. The van der Waals surface area contributed by atoms with Crippen LogP contribution in [0.15, 0.2) is 158 Å². The van der Waals surface area contributed by atoms with Crippen molar-refractivity contribution < 1.29 is 46.7 Å². The Hall–Kier alpha value is -5.60. The molecule has 0 N–H and O–H groups in total. The second kappa shape index (κ2) is 30.1. The van der Waals surface area contributed by atoms with Gasteiger partial charge in [-0.3, -0.25) is 0 Å². The van der Waals surface area contributed by atoms with Crippen LogP contribution in [0.1, 0.15) is 252 Å². The van der Waals surface area contributed by atoms with Crippen LogP contribution in [0, 0.1) is 0 Å². The molecule has 0 amide bonds. The minimum absolute atomic E-state index is 0.00830. The molecule has 1 unspecified atom stereocenters. The molecule has 0 bridgehead atoms. The summed E-state index contributed by atoms with van der Waals surface area (Å²) in [5.41, 5.74) is 16.8. The highest BCUT2D eigenvalue weighted by Crippen LogP contribution is 2.62. The SMILES string of the molecule is CC1OB(c2ccc(COCCOCc3ccc(B4OC(C)(C)C(C)(C)O4)cc3)cc2)OC1(C)C.CCCCCCCCC1(CCCCCCCC)c2ccccc2-c2cc3c(cc21)-c1ccccc1C3(c1ccc(B2OC(C)(C)C(C)(C)O2)cc1)c1ccc(B2OC(C)(C)C(C)(C)O2)cc1. The molecular formula is C87H114B4O10. The first-order chi connectivity index (χ1) is 48.1. The summed E-state index contributed by atoms with van der Waals surface area (Å²) in [6.07, 6.45) is 18.2. The second-order valence-corrected chi connectivity index (χ2v) is 33.3. The van der Waals surface area contributed by atoms with Gasteiger partial charge in [0.05, 0.1) is 77.2 Å². The Morgan fingerprint density at radius 1 is 0.337 bits per heavy atom. The molecular weight excluding hydrogens is 1250 g/mol. The van der Waals surface area contributed by atoms with Crippen molar-refractivity contribution in [2.45, 2.75) is 277 Å². The minimum Gasteiger partial charge on any atom is -0.402 e. The van der Waals surface area contributed by atoms with Gasteiger partial charge in [0.25, 0.3) is 0 Å². The molecule has 1 atom stereocenters. The monoisotopic (exact) mass is 1360 g/mol. The van der Waals surface area contributed by atoms with Gasteiger partial charge in [0.2, 0.25) is 0 Å². The van der Waals surface area contributed by atoms with E-state index in [0.29, 0.717) is 26.4 Å². The molecule has 7 aromatic carbocycles. The van der Waals surface area contributed by atoms with Gasteiger partial charge >= 0.3 is 28.5 Å². The molecule has 14 heteroatoms. The van der Waals surface area contributed by atoms with E-state index in [1.54, 1.807) is 11.1 Å². The number of rotatable bonds is 27. The van der Waals surface area contributed by atoms with E-state index in [1.165, 1.54) is 134 Å². The Morgan fingerprint density at radius 2 is 0.673 bits per heavy atom. The highest BCUT2D eigenvalue weighted by molar-refractivity contribution is 6.63. The summed E-state index contributed by atoms with van der Waals surface area (Å²) in [5, 5.41) is 0. The molecule has 13 rings (SSSR count). The zero-order valence-electron chi connectivity index (χ0n) is 64.2. The topological polar surface area (TPSA) is 92.3 Å². The molecule has 7 aromatic rings. The molecule has 0 radical (unpaired) electrons. The fraction of sp³-hybridized carbons (Fsp3) is 0.517. The fourth-order valence-electron chi connectivity index (χ4n) is 15.7. The molecule has 0 saturated carbocycles. The first kappa shape index (κ1) is 75.1. The van der Waals surface area contributed by atoms with Crippen molar-refractivity contribution >= 4 is 50.3 Å². The lowest BCUT2D eigenvalue weighted by atomic mass is 9.65. The van der Waals surface area contributed by atoms with E-state index in [1.807, 2.05) is 31.2 Å². The normalized spacial score (nSPS) is 20.7. The zero-order valence-corrected chi connectivity index (χ0v) is 64.2. The number of hydrogen-bond donors (Lipinski definition) is 0. The molecule has 101 heavy (non-hydrogen) atoms. The molecule has 534 valence electrons. The lowest BCUT2D eigenvalue weighted by Gasteiger charge is -2.35. The van der Waals surface area contributed by atoms with Crippen LogP contribution >= 0.6 is 0 Å². The Bertz CT molecular complexity index is 3790. The van der Waals surface area contributed by atoms with Crippen LogP contribution in [0.5, 0.6) is 0 Å². The minimum atomic E-state index is -0.595. The van der Waals surface area contributed by atoms with Gasteiger partial charge in [0, 0.05) is 5.41 Å². The molecule has 6 aliphatic rings. The molecule has 0 spiro atoms. The van der Waals surface area contributed by atoms with E-state index in [2.05, 4.69) is 244 Å². The molecule has 4 fully saturated rings. The summed E-state index contributed by atoms with van der Waals surface area (Å²) in [6.45, 7) is 38.2. The average molecular weight is 1360 g/mol. The number of ether oxygens (including phenoxy) is 2. The van der Waals surface area contributed by atoms with Crippen LogP contribution in [0.25, 0.3) is 22.3 Å². The largest absolute Gasteiger partial charge is 0.494 e. The van der Waals surface area contributed by atoms with Gasteiger partial charge < -0.3 is 46.7 Å². The van der Waals surface area contributed by atoms with Crippen molar-refractivity contribution in [1.29, 1.82) is 0 Å². The molecule has 2 aliphatic carbocycles. The molecule has 4 saturated heterocycles. The maximum absolute atomic E-state index is 6.59. The van der Waals surface area contributed by atoms with Crippen molar-refractivity contribution in [3.05, 3.63) is 202 Å². The lowest BCUT2D eigenvalue weighted by molar-refractivity contribution is 0.00578. The van der Waals surface area contributed by atoms with Crippen LogP contribution in [-0.2, 0) is 70.8 Å². The lowest BCUT2D eigenvalue weighted by Crippen LogP contribution is -2.41. The molecule has 0 aromatic heterocycles. The standard InChI is InChI=1S/C60H76B2O4.C27H38B2O6/c1-11-13-15-17-19-25-39-59(40-26-20-18-16-14-12-2)51-29-23-21-27-47(51)49-42-54-50(41-53(49)59)48-28-22-24-30-52(48)60(54,43-31-35-45(36-32-43)61-63-55(3,4)56(5,6)64-61)44-33-37-46(38-34-44)62-65-57(7,8)58(9,10)66-62;1-20-25(2,3)33-28(32-20)23-12-8-21(9-13-23)18-30-16-17-31-19-22-10-14-24(15-11-22)29-34-26(4,5)27(6,7)35-29/h21-24,27-38,41-42H,11-20,25-26,39-40H2,1-10H3;8-15,20H,16-19H2,1-7H3. The smallest absolute Gasteiger partial charge is 0.402 e. The van der Waals surface area contributed by atoms with Crippen LogP contribution in [0.2, 0.25) is 0 Å². The van der Waals surface area contributed by atoms with E-state index in [-0.39, 0.29) is 42.6 Å². The first-order valence-corrected chi connectivity index (χ1v) is 38.4. The van der Waals surface area contributed by atoms with Gasteiger partial charge in [-0.15, -0.1) is 0 Å². The van der Waals surface area contributed by atoms with Crippen LogP contribution < -0.4 is 21.9 Å². The third kappa shape index (κ3) is 15.1. The summed E-state index contributed by atoms with van der Waals surface area (Å²) >= 11 is 0. The van der Waals surface area contributed by atoms with Crippen molar-refractivity contribution in [2.24, 2.45) is 0 Å². The fourth-order valence-corrected chi connectivity index (χ4v) is 15.7. The first-order valence-electron chi connectivity index (χ1n) is 38.4. The quantitative estimate of drug-likeness (QED) is 0.0366. The van der Waals surface area contributed by atoms with Crippen molar-refractivity contribution in [3.8, 4) is 22.3 Å². The Balaban J connectivity index is 0.000000232. The van der Waals surface area contributed by atoms with E-state index in [0.717, 1.165) is 33.0 Å². The highest BCUT2D eigenvalue weighted by Gasteiger charge is 2.56. The average Bonchev–Trinajstić information content (AvgIpc) is 1.52. The van der Waals surface area contributed by atoms with Crippen molar-refractivity contribution in [3.63, 3.8) is 0 Å². The maximum atomic E-state index is 6.59. The number of benzene rings is 7. The number of hydrogen-bond acceptors (Lipinski definition) is 10. The highest BCUT2D eigenvalue weighted by atomic mass is 16.7. The van der Waals surface area contributed by atoms with Crippen molar-refractivity contribution in [2.75, 3.05) is 13.2 Å². The Labute approximate surface area is 608 Å². The Morgan fingerprint density at radius 3 is 1.07 bits per heavy atom. The summed E-state index contributed by atoms with van der Waals surface area (Å²) in [4.78, 5) is 0. The summed E-state index contributed by atoms with van der Waals surface area (Å²) < 4.78 is 62.1. The predicted molar refractivity (Wildman–Crippen MR) is 416 cm³/mol. The van der Waals surface area contributed by atoms with Crippen LogP contribution in [0.4, 0.5) is 0 Å². The zero-order chi connectivity index (χ0) is 71.8. The predicted octanol–water partition coefficient (Wildman–Crippen LogP) is 18.0. The molecule has 4 aliphatic heterocycles. The molecule has 4 heterocycles. The van der Waals surface area contributed by atoms with Gasteiger partial charge in [-0.2, -0.15) is 0 Å². The molecule has 10 nitrogen and oxygen atoms in total. The van der Waals surface area contributed by atoms with E-state index >= 15 is 0 Å². The summed E-state index contributed by atoms with van der Waals surface area (Å²) in [5.74, 6) is 0. The van der Waals surface area contributed by atoms with E-state index in [4.69, 9.17) is 46.7 Å². The second-order valence-electron chi connectivity index (χ2n) is 33.3. The van der Waals surface area contributed by atoms with E-state index < -0.39 is 42.1 Å². The third-order valence-electron chi connectivity index (χ3n) is 24.5. The van der Waals surface area contributed by atoms with Gasteiger partial charge in [0.1, 0.15) is 0 Å². The van der Waals surface area contributed by atoms with E-state index in [9.17, 15) is 0 Å². The van der Waals surface area contributed by atoms with Crippen LogP contribution in [0.3, 0.4) is 0 Å². The van der Waals surface area contributed by atoms with Gasteiger partial charge in [-0.1, -0.05) is 236 Å². The number of unbranched alkanes of at least 4 members (excludes halogenated alkanes) is 10. The summed E-state index contributed by atoms with van der Waals surface area (Å²) in [7, 11) is -1.53. The van der Waals surface area contributed by atoms with Gasteiger partial charge in [-0.25, -0.2) is 0 Å². The van der Waals surface area contributed by atoms with Crippen molar-refractivity contribution in [1.82, 2.24) is 0 Å². The Kier molecular flexibility index (Phi) is 22.4. The maximum Gasteiger partial charge on any atom is 0.494 e. The third-order valence-corrected chi connectivity index (χ3v) is 24.5. The van der Waals surface area contributed by atoms with Crippen LogP contribution in [-0.4, -0.2) is 87.0 Å². The van der Waals surface area contributed by atoms with Gasteiger partial charge in [0.15, 0.2) is 0 Å². The van der Waals surface area contributed by atoms with Gasteiger partial charge in [-0.05, 0) is 217 Å². The summed E-state index contributed by atoms with van der Waals surface area (Å²) in [6, 6.07) is 58.8.